The van der Waals surface area contributed by atoms with Gasteiger partial charge in [-0.2, -0.15) is 11.8 Å². The molecule has 0 bridgehead atoms. The van der Waals surface area contributed by atoms with Crippen molar-refractivity contribution in [1.29, 1.82) is 0 Å². The predicted molar refractivity (Wildman–Crippen MR) is 83.6 cm³/mol. The number of non-ortho nitro benzene ring substituents is 1. The number of nitrogens with zero attached hydrogens (tertiary/aromatic N) is 1. The number of thioether (sulfide) groups is 1. The first-order chi connectivity index (χ1) is 9.54. The van der Waals surface area contributed by atoms with Crippen molar-refractivity contribution in [2.45, 2.75) is 33.4 Å². The molecule has 0 aliphatic rings. The molecule has 0 unspecified atom stereocenters. The molecule has 0 heterocycles. The molecule has 20 heavy (non-hydrogen) atoms. The quantitative estimate of drug-likeness (QED) is 0.431. The van der Waals surface area contributed by atoms with Gasteiger partial charge in [-0.15, -0.1) is 0 Å². The zero-order chi connectivity index (χ0) is 15.0. The minimum Gasteiger partial charge on any atom is -0.492 e. The maximum absolute atomic E-state index is 10.8. The summed E-state index contributed by atoms with van der Waals surface area (Å²) in [6.07, 6.45) is 0. The monoisotopic (exact) mass is 298 g/mol. The van der Waals surface area contributed by atoms with Crippen LogP contribution < -0.4 is 10.1 Å². The fraction of sp³-hybridized carbons (Fsp3) is 0.571. The first-order valence-corrected chi connectivity index (χ1v) is 7.91. The Bertz CT molecular complexity index is 438. The highest BCUT2D eigenvalue weighted by Crippen LogP contribution is 2.24. The molecule has 112 valence electrons. The number of hydrogen-bond donors (Lipinski definition) is 1. The van der Waals surface area contributed by atoms with Gasteiger partial charge in [-0.25, -0.2) is 0 Å². The van der Waals surface area contributed by atoms with E-state index in [2.05, 4.69) is 12.2 Å². The van der Waals surface area contributed by atoms with Crippen molar-refractivity contribution in [3.8, 4) is 5.75 Å². The van der Waals surface area contributed by atoms with Gasteiger partial charge in [-0.3, -0.25) is 10.1 Å². The molecule has 0 aliphatic heterocycles. The summed E-state index contributed by atoms with van der Waals surface area (Å²) in [6.45, 7) is 7.36. The lowest BCUT2D eigenvalue weighted by Crippen LogP contribution is -2.22. The van der Waals surface area contributed by atoms with E-state index in [4.69, 9.17) is 4.74 Å². The normalized spacial score (nSPS) is 10.8. The van der Waals surface area contributed by atoms with Crippen molar-refractivity contribution < 1.29 is 9.66 Å². The van der Waals surface area contributed by atoms with Gasteiger partial charge in [-0.05, 0) is 11.8 Å². The Balaban J connectivity index is 2.76. The lowest BCUT2D eigenvalue weighted by atomic mass is 10.1. The van der Waals surface area contributed by atoms with Gasteiger partial charge < -0.3 is 10.1 Å². The van der Waals surface area contributed by atoms with Crippen LogP contribution in [-0.2, 0) is 6.54 Å². The van der Waals surface area contributed by atoms with Gasteiger partial charge in [0.15, 0.2) is 0 Å². The third-order valence-electron chi connectivity index (χ3n) is 2.65. The Kier molecular flexibility index (Phi) is 7.40. The fourth-order valence-electron chi connectivity index (χ4n) is 1.63. The van der Waals surface area contributed by atoms with E-state index >= 15 is 0 Å². The molecule has 0 atom stereocenters. The van der Waals surface area contributed by atoms with E-state index in [1.165, 1.54) is 6.07 Å². The molecule has 0 aliphatic carbocycles. The largest absolute Gasteiger partial charge is 0.492 e. The summed E-state index contributed by atoms with van der Waals surface area (Å²) in [5.74, 6) is 2.70. The van der Waals surface area contributed by atoms with Crippen LogP contribution in [-0.4, -0.2) is 29.1 Å². The van der Waals surface area contributed by atoms with Crippen molar-refractivity contribution in [3.05, 3.63) is 33.9 Å². The first kappa shape index (κ1) is 16.8. The third kappa shape index (κ3) is 5.79. The molecule has 1 aromatic carbocycles. The highest BCUT2D eigenvalue weighted by molar-refractivity contribution is 7.99. The minimum atomic E-state index is -0.379. The Morgan fingerprint density at radius 3 is 2.80 bits per heavy atom. The highest BCUT2D eigenvalue weighted by Gasteiger charge is 2.12. The van der Waals surface area contributed by atoms with E-state index in [1.54, 1.807) is 12.1 Å². The molecule has 0 aromatic heterocycles. The molecule has 0 saturated heterocycles. The van der Waals surface area contributed by atoms with Crippen molar-refractivity contribution in [1.82, 2.24) is 5.32 Å². The van der Waals surface area contributed by atoms with Crippen LogP contribution in [0.5, 0.6) is 5.75 Å². The Labute approximate surface area is 124 Å². The maximum Gasteiger partial charge on any atom is 0.270 e. The maximum atomic E-state index is 10.8. The van der Waals surface area contributed by atoms with Gasteiger partial charge in [0.05, 0.1) is 11.5 Å². The molecule has 6 heteroatoms. The van der Waals surface area contributed by atoms with Crippen molar-refractivity contribution in [2.24, 2.45) is 0 Å². The lowest BCUT2D eigenvalue weighted by Gasteiger charge is -2.13. The number of nitro benzene ring substituents is 1. The number of rotatable bonds is 9. The molecule has 0 spiro atoms. The summed E-state index contributed by atoms with van der Waals surface area (Å²) in [7, 11) is 0. The Morgan fingerprint density at radius 1 is 1.45 bits per heavy atom. The van der Waals surface area contributed by atoms with Crippen LogP contribution in [0.1, 0.15) is 26.3 Å². The highest BCUT2D eigenvalue weighted by atomic mass is 32.2. The topological polar surface area (TPSA) is 64.4 Å². The molecule has 1 rings (SSSR count). The second-order valence-electron chi connectivity index (χ2n) is 4.63. The van der Waals surface area contributed by atoms with E-state index in [-0.39, 0.29) is 10.6 Å². The molecule has 1 aromatic rings. The molecule has 5 nitrogen and oxygen atoms in total. The summed E-state index contributed by atoms with van der Waals surface area (Å²) < 4.78 is 5.72. The van der Waals surface area contributed by atoms with Gasteiger partial charge in [-0.1, -0.05) is 20.8 Å². The standard InChI is InChI=1S/C14H22N2O3S/c1-4-20-8-7-19-14-6-5-13(16(17)18)9-12(14)10-15-11(2)3/h5-6,9,11,15H,4,7-8,10H2,1-3H3. The Hall–Kier alpha value is -1.27. The van der Waals surface area contributed by atoms with E-state index in [1.807, 2.05) is 25.6 Å². The fourth-order valence-corrected chi connectivity index (χ4v) is 2.12. The van der Waals surface area contributed by atoms with Gasteiger partial charge in [0.25, 0.3) is 5.69 Å². The van der Waals surface area contributed by atoms with Gasteiger partial charge in [0.1, 0.15) is 5.75 Å². The van der Waals surface area contributed by atoms with Crippen molar-refractivity contribution in [3.63, 3.8) is 0 Å². The van der Waals surface area contributed by atoms with Crippen LogP contribution in [0, 0.1) is 10.1 Å². The number of benzene rings is 1. The van der Waals surface area contributed by atoms with Crippen molar-refractivity contribution >= 4 is 17.4 Å². The number of hydrogen-bond acceptors (Lipinski definition) is 5. The van der Waals surface area contributed by atoms with Crippen LogP contribution in [0.15, 0.2) is 18.2 Å². The average molecular weight is 298 g/mol. The predicted octanol–water partition coefficient (Wildman–Crippen LogP) is 3.22. The van der Waals surface area contributed by atoms with Gasteiger partial charge in [0.2, 0.25) is 0 Å². The Morgan fingerprint density at radius 2 is 2.20 bits per heavy atom. The van der Waals surface area contributed by atoms with Crippen LogP contribution in [0.25, 0.3) is 0 Å². The summed E-state index contributed by atoms with van der Waals surface area (Å²) in [5, 5.41) is 14.1. The van der Waals surface area contributed by atoms with Gasteiger partial charge >= 0.3 is 0 Å². The first-order valence-electron chi connectivity index (χ1n) is 6.75. The zero-order valence-corrected chi connectivity index (χ0v) is 13.0. The van der Waals surface area contributed by atoms with E-state index in [9.17, 15) is 10.1 Å². The minimum absolute atomic E-state index is 0.0980. The summed E-state index contributed by atoms with van der Waals surface area (Å²) >= 11 is 1.81. The van der Waals surface area contributed by atoms with Crippen LogP contribution in [0.2, 0.25) is 0 Å². The molecule has 0 amide bonds. The molecule has 0 saturated carbocycles. The average Bonchev–Trinajstić information content (AvgIpc) is 2.41. The van der Waals surface area contributed by atoms with Gasteiger partial charge in [0, 0.05) is 36.0 Å². The molecule has 1 N–H and O–H groups in total. The SMILES string of the molecule is CCSCCOc1ccc([N+](=O)[O-])cc1CNC(C)C. The van der Waals surface area contributed by atoms with Crippen LogP contribution >= 0.6 is 11.8 Å². The third-order valence-corrected chi connectivity index (χ3v) is 3.51. The smallest absolute Gasteiger partial charge is 0.270 e. The molecular formula is C14H22N2O3S. The molecule has 0 fully saturated rings. The summed E-state index contributed by atoms with van der Waals surface area (Å²) in [4.78, 5) is 10.5. The zero-order valence-electron chi connectivity index (χ0n) is 12.2. The summed E-state index contributed by atoms with van der Waals surface area (Å²) in [6, 6.07) is 5.07. The number of ether oxygens (including phenoxy) is 1. The van der Waals surface area contributed by atoms with Crippen LogP contribution in [0.3, 0.4) is 0 Å². The summed E-state index contributed by atoms with van der Waals surface area (Å²) in [5.41, 5.74) is 0.926. The van der Waals surface area contributed by atoms with Crippen LogP contribution in [0.4, 0.5) is 5.69 Å². The second-order valence-corrected chi connectivity index (χ2v) is 6.02. The van der Waals surface area contributed by atoms with E-state index in [0.717, 1.165) is 22.8 Å². The lowest BCUT2D eigenvalue weighted by molar-refractivity contribution is -0.384. The van der Waals surface area contributed by atoms with Crippen molar-refractivity contribution in [2.75, 3.05) is 18.1 Å². The molecule has 0 radical (unpaired) electrons. The number of nitrogens with one attached hydrogen (secondary N) is 1. The van der Waals surface area contributed by atoms with E-state index in [0.29, 0.717) is 19.2 Å². The number of nitro groups is 1. The van der Waals surface area contributed by atoms with E-state index < -0.39 is 0 Å². The second kappa shape index (κ2) is 8.81. The molecular weight excluding hydrogens is 276 g/mol.